The molecular formula is C55H91NO19. The highest BCUT2D eigenvalue weighted by Crippen LogP contribution is 2.41. The molecule has 0 aromatic heterocycles. The molecule has 0 aliphatic carbocycles. The molecule has 0 bridgehead atoms. The summed E-state index contributed by atoms with van der Waals surface area (Å²) >= 11 is 0. The highest BCUT2D eigenvalue weighted by molar-refractivity contribution is 5.92. The van der Waals surface area contributed by atoms with E-state index in [2.05, 4.69) is 12.2 Å². The third-order valence-electron chi connectivity index (χ3n) is 15.1. The number of carbonyl (C=O) groups excluding carboxylic acids is 8. The van der Waals surface area contributed by atoms with E-state index in [9.17, 15) is 38.4 Å². The number of carbonyl (C=O) groups is 8. The Hall–Kier alpha value is -4.08. The number of esters is 5. The number of amides is 1. The smallest absolute Gasteiger partial charge is 0.303 e. The third-order valence-corrected chi connectivity index (χ3v) is 15.1. The van der Waals surface area contributed by atoms with E-state index in [-0.39, 0.29) is 85.8 Å². The fraction of sp³-hybridized carbons (Fsp3) is 0.855. The van der Waals surface area contributed by atoms with Crippen LogP contribution < -0.4 is 5.32 Å². The summed E-state index contributed by atoms with van der Waals surface area (Å²) in [6.45, 7) is 26.8. The van der Waals surface area contributed by atoms with Crippen molar-refractivity contribution in [2.24, 2.45) is 53.3 Å². The molecule has 0 radical (unpaired) electrons. The molecule has 0 saturated carbocycles. The first-order valence-corrected chi connectivity index (χ1v) is 27.2. The Morgan fingerprint density at radius 1 is 0.493 bits per heavy atom. The van der Waals surface area contributed by atoms with Gasteiger partial charge in [-0.2, -0.15) is 0 Å². The number of Topliss-reactive ketones (excluding diaryl/α,β-unsaturated/α-hetero) is 2. The number of unbranched alkanes of at least 4 members (excludes halogenated alkanes) is 3. The predicted molar refractivity (Wildman–Crippen MR) is 271 cm³/mol. The maximum absolute atomic E-state index is 13.4. The minimum atomic E-state index is -1.34. The van der Waals surface area contributed by atoms with Gasteiger partial charge in [0, 0.05) is 83.7 Å². The molecule has 6 unspecified atom stereocenters. The van der Waals surface area contributed by atoms with E-state index in [1.165, 1.54) is 34.6 Å². The van der Waals surface area contributed by atoms with Crippen molar-refractivity contribution in [2.75, 3.05) is 26.4 Å². The molecule has 0 aromatic rings. The molecule has 3 rings (SSSR count). The van der Waals surface area contributed by atoms with E-state index in [0.717, 1.165) is 19.3 Å². The van der Waals surface area contributed by atoms with Gasteiger partial charge in [-0.15, -0.1) is 0 Å². The van der Waals surface area contributed by atoms with Gasteiger partial charge in [-0.3, -0.25) is 38.4 Å². The van der Waals surface area contributed by atoms with Crippen molar-refractivity contribution in [3.05, 3.63) is 0 Å². The average molecular weight is 1070 g/mol. The Balaban J connectivity index is 1.75. The summed E-state index contributed by atoms with van der Waals surface area (Å²) in [6, 6.07) is -0.591. The van der Waals surface area contributed by atoms with Crippen molar-refractivity contribution in [3.63, 3.8) is 0 Å². The van der Waals surface area contributed by atoms with Gasteiger partial charge in [0.25, 0.3) is 0 Å². The Bertz CT molecular complexity index is 1870. The molecule has 430 valence electrons. The van der Waals surface area contributed by atoms with Gasteiger partial charge in [0.2, 0.25) is 5.91 Å². The standard InChI is InChI=1S/C55H91NO19/c1-17-42(62)47(29(4)5)56-52(64)41(28(2)3)24-43(63)30(6)22-20-18-19-21-23-65-54-50(69-39(15)60)34(10)49(45(72-54)26-67-37(13)58)75-55-51(70-40(16)61)35(11)48(46(73-55)27-68-38(14)59)74-53-33(9)31(7)32(8)44(71-53)25-66-36(12)57/h28-35,41,44-51,53-55H,17-27H2,1-16H3,(H,56,64)/t30-,31?,32+,33-,34?,35?,41-,44?,45?,46?,47-,48+,49-,50-,51-,53+,54+,55-/m0/s1. The fourth-order valence-electron chi connectivity index (χ4n) is 10.0. The summed E-state index contributed by atoms with van der Waals surface area (Å²) in [5.41, 5.74) is 0. The minimum absolute atomic E-state index is 0.00399. The highest BCUT2D eigenvalue weighted by atomic mass is 16.8. The zero-order chi connectivity index (χ0) is 56.4. The van der Waals surface area contributed by atoms with Crippen LogP contribution in [0, 0.1) is 53.3 Å². The van der Waals surface area contributed by atoms with Gasteiger partial charge in [-0.05, 0) is 36.5 Å². The van der Waals surface area contributed by atoms with Crippen LogP contribution in [0.2, 0.25) is 0 Å². The van der Waals surface area contributed by atoms with Gasteiger partial charge in [-0.1, -0.05) is 95.4 Å². The minimum Gasteiger partial charge on any atom is -0.463 e. The molecule has 3 saturated heterocycles. The molecule has 1 N–H and O–H groups in total. The molecule has 3 heterocycles. The first-order valence-electron chi connectivity index (χ1n) is 27.2. The number of hydrogen-bond acceptors (Lipinski definition) is 19. The first-order chi connectivity index (χ1) is 35.2. The van der Waals surface area contributed by atoms with Crippen molar-refractivity contribution in [1.29, 1.82) is 0 Å². The lowest BCUT2D eigenvalue weighted by molar-refractivity contribution is -0.364. The van der Waals surface area contributed by atoms with Crippen LogP contribution >= 0.6 is 0 Å². The number of ketones is 2. The lowest BCUT2D eigenvalue weighted by Gasteiger charge is -2.50. The summed E-state index contributed by atoms with van der Waals surface area (Å²) in [7, 11) is 0. The summed E-state index contributed by atoms with van der Waals surface area (Å²) < 4.78 is 67.1. The maximum Gasteiger partial charge on any atom is 0.303 e. The molecule has 3 aliphatic rings. The van der Waals surface area contributed by atoms with E-state index in [1.54, 1.807) is 20.8 Å². The van der Waals surface area contributed by atoms with Gasteiger partial charge in [0.1, 0.15) is 37.8 Å². The first kappa shape index (κ1) is 65.2. The van der Waals surface area contributed by atoms with Crippen molar-refractivity contribution in [1.82, 2.24) is 5.32 Å². The average Bonchev–Trinajstić information content (AvgIpc) is 3.33. The summed E-state index contributed by atoms with van der Waals surface area (Å²) in [5, 5.41) is 2.91. The lowest BCUT2D eigenvalue weighted by Crippen LogP contribution is -2.63. The molecule has 1 amide bonds. The maximum atomic E-state index is 13.4. The molecule has 0 aromatic carbocycles. The van der Waals surface area contributed by atoms with Crippen LogP contribution in [0.4, 0.5) is 0 Å². The SMILES string of the molecule is CCC(=O)[C@@H](NC(=O)[C@@H](CC(=O)[C@@H](C)CCCCCCO[C@@H]1OC(COC(C)=O)[C@@H](O[C@@H]2OC(COC(C)=O)[C@H](O[C@H]3OC(COC(C)=O)[C@H](C)C(C)[C@@H]3C)C(C)[C@@H]2OC(C)=O)C(C)[C@@H]1OC(C)=O)C(C)C)C(C)C. The Kier molecular flexibility index (Phi) is 27.3. The monoisotopic (exact) mass is 1070 g/mol. The van der Waals surface area contributed by atoms with Crippen LogP contribution in [-0.2, 0) is 90.5 Å². The van der Waals surface area contributed by atoms with Crippen LogP contribution in [0.3, 0.4) is 0 Å². The molecule has 0 spiro atoms. The zero-order valence-electron chi connectivity index (χ0n) is 47.6. The van der Waals surface area contributed by atoms with Gasteiger partial charge in [-0.25, -0.2) is 0 Å². The molecule has 20 heteroatoms. The van der Waals surface area contributed by atoms with E-state index in [4.69, 9.17) is 52.1 Å². The van der Waals surface area contributed by atoms with Gasteiger partial charge >= 0.3 is 29.8 Å². The molecule has 75 heavy (non-hydrogen) atoms. The second-order valence-corrected chi connectivity index (χ2v) is 21.7. The molecular weight excluding hydrogens is 979 g/mol. The Morgan fingerprint density at radius 2 is 0.960 bits per heavy atom. The topological polar surface area (TPSA) is 250 Å². The van der Waals surface area contributed by atoms with Crippen LogP contribution in [0.1, 0.15) is 156 Å². The second-order valence-electron chi connectivity index (χ2n) is 21.7. The van der Waals surface area contributed by atoms with Crippen molar-refractivity contribution < 1.29 is 90.5 Å². The van der Waals surface area contributed by atoms with Gasteiger partial charge in [0.15, 0.2) is 36.9 Å². The molecule has 3 fully saturated rings. The summed E-state index contributed by atoms with van der Waals surface area (Å²) in [4.78, 5) is 101. The van der Waals surface area contributed by atoms with Crippen LogP contribution in [-0.4, -0.2) is 141 Å². The normalized spacial score (nSPS) is 31.1. The lowest BCUT2D eigenvalue weighted by atomic mass is 9.79. The Morgan fingerprint density at radius 3 is 1.44 bits per heavy atom. The van der Waals surface area contributed by atoms with Crippen LogP contribution in [0.25, 0.3) is 0 Å². The number of rotatable bonds is 29. The van der Waals surface area contributed by atoms with E-state index in [0.29, 0.717) is 19.3 Å². The molecule has 20 nitrogen and oxygen atoms in total. The van der Waals surface area contributed by atoms with Crippen molar-refractivity contribution in [2.45, 2.75) is 223 Å². The third kappa shape index (κ3) is 20.0. The quantitative estimate of drug-likeness (QED) is 0.0469. The van der Waals surface area contributed by atoms with Crippen LogP contribution in [0.15, 0.2) is 0 Å². The van der Waals surface area contributed by atoms with Crippen molar-refractivity contribution in [3.8, 4) is 0 Å². The summed E-state index contributed by atoms with van der Waals surface area (Å²) in [6.07, 6.45) is -5.90. The fourth-order valence-corrected chi connectivity index (χ4v) is 10.0. The highest BCUT2D eigenvalue weighted by Gasteiger charge is 2.54. The second kappa shape index (κ2) is 31.4. The number of ether oxygens (including phenoxy) is 11. The molecule has 18 atom stereocenters. The number of hydrogen-bond donors (Lipinski definition) is 1. The van der Waals surface area contributed by atoms with Crippen LogP contribution in [0.5, 0.6) is 0 Å². The number of nitrogens with one attached hydrogen (secondary N) is 1. The summed E-state index contributed by atoms with van der Waals surface area (Å²) in [5.74, 6) is -5.61. The molecule has 3 aliphatic heterocycles. The predicted octanol–water partition coefficient (Wildman–Crippen LogP) is 6.62. The largest absolute Gasteiger partial charge is 0.463 e. The van der Waals surface area contributed by atoms with E-state index >= 15 is 0 Å². The van der Waals surface area contributed by atoms with E-state index in [1.807, 2.05) is 48.5 Å². The van der Waals surface area contributed by atoms with Gasteiger partial charge < -0.3 is 57.4 Å². The van der Waals surface area contributed by atoms with E-state index < -0.39 is 115 Å². The zero-order valence-corrected chi connectivity index (χ0v) is 47.6. The van der Waals surface area contributed by atoms with Crippen molar-refractivity contribution >= 4 is 47.3 Å². The van der Waals surface area contributed by atoms with Gasteiger partial charge in [0.05, 0.1) is 24.4 Å². The Labute approximate surface area is 445 Å².